The van der Waals surface area contributed by atoms with E-state index in [1.165, 1.54) is 4.57 Å². The van der Waals surface area contributed by atoms with Gasteiger partial charge in [0.15, 0.2) is 0 Å². The molecule has 0 spiro atoms. The van der Waals surface area contributed by atoms with Crippen LogP contribution < -0.4 is 11.1 Å². The number of aryl methyl sites for hydroxylation is 2. The van der Waals surface area contributed by atoms with Crippen LogP contribution in [0.15, 0.2) is 34.9 Å². The van der Waals surface area contributed by atoms with Gasteiger partial charge in [-0.1, -0.05) is 11.2 Å². The van der Waals surface area contributed by atoms with E-state index in [1.807, 2.05) is 39.8 Å². The van der Waals surface area contributed by atoms with Crippen LogP contribution in [0.3, 0.4) is 0 Å². The Hall–Kier alpha value is -4.18. The van der Waals surface area contributed by atoms with Gasteiger partial charge in [0, 0.05) is 41.5 Å². The molecule has 10 nitrogen and oxygen atoms in total. The second kappa shape index (κ2) is 9.60. The Balaban J connectivity index is 1.77. The number of carbonyl (C=O) groups excluding carboxylic acids is 3. The van der Waals surface area contributed by atoms with Crippen LogP contribution in [0.4, 0.5) is 4.79 Å². The summed E-state index contributed by atoms with van der Waals surface area (Å²) in [6.45, 7) is 10.6. The smallest absolute Gasteiger partial charge is 0.326 e. The van der Waals surface area contributed by atoms with Crippen LogP contribution >= 0.6 is 0 Å². The predicted molar refractivity (Wildman–Crippen MR) is 143 cm³/mol. The minimum absolute atomic E-state index is 0.0749. The van der Waals surface area contributed by atoms with E-state index in [4.69, 9.17) is 15.0 Å². The molecule has 1 fully saturated rings. The van der Waals surface area contributed by atoms with Crippen molar-refractivity contribution in [1.82, 2.24) is 19.9 Å². The van der Waals surface area contributed by atoms with E-state index in [0.717, 1.165) is 5.56 Å². The molecule has 1 saturated heterocycles. The Kier molecular flexibility index (Phi) is 6.44. The van der Waals surface area contributed by atoms with E-state index in [1.54, 1.807) is 30.0 Å². The largest absolute Gasteiger partial charge is 0.372 e. The molecule has 2 unspecified atom stereocenters. The number of hydrogen-bond acceptors (Lipinski definition) is 6. The highest BCUT2D eigenvalue weighted by atomic mass is 16.5. The zero-order valence-electron chi connectivity index (χ0n) is 22.1. The molecule has 0 saturated carbocycles. The van der Waals surface area contributed by atoms with Gasteiger partial charge in [-0.05, 0) is 64.4 Å². The topological polar surface area (TPSA) is 133 Å². The third-order valence-electron chi connectivity index (χ3n) is 6.93. The summed E-state index contributed by atoms with van der Waals surface area (Å²) in [4.78, 5) is 41.3. The Labute approximate surface area is 219 Å². The summed E-state index contributed by atoms with van der Waals surface area (Å²) in [5, 5.41) is 8.23. The third kappa shape index (κ3) is 4.20. The molecular formula is C28H31N5O5. The van der Waals surface area contributed by atoms with Crippen molar-refractivity contribution in [3.05, 3.63) is 52.9 Å². The average molecular weight is 518 g/mol. The summed E-state index contributed by atoms with van der Waals surface area (Å²) < 4.78 is 12.6. The zero-order valence-corrected chi connectivity index (χ0v) is 22.1. The summed E-state index contributed by atoms with van der Waals surface area (Å²) >= 11 is 0. The minimum Gasteiger partial charge on any atom is -0.372 e. The molecular weight excluding hydrogens is 486 g/mol. The van der Waals surface area contributed by atoms with Crippen molar-refractivity contribution in [2.75, 3.05) is 19.6 Å². The third-order valence-corrected chi connectivity index (χ3v) is 6.93. The Bertz CT molecular complexity index is 1570. The number of carbonyl (C=O) groups is 3. The molecule has 5 rings (SSSR count). The standard InChI is InChI=1S/C28H31N5O5/c1-6-30-28(36)33-23-11-18(27(35)32-12-14(2)37-15(3)13-32)7-8-20(23)21-9-19(10-22(25(21)33)26(29)34)24-16(4)31-38-17(24)5/h7-11,14-15H,6,12-13H2,1-5H3,(H2,29,34)(H,30,36). The number of nitrogens with one attached hydrogen (secondary N) is 1. The van der Waals surface area contributed by atoms with E-state index in [-0.39, 0.29) is 23.7 Å². The van der Waals surface area contributed by atoms with Crippen LogP contribution in [0.2, 0.25) is 0 Å². The first kappa shape index (κ1) is 25.5. The molecule has 2 aromatic carbocycles. The highest BCUT2D eigenvalue weighted by molar-refractivity contribution is 6.20. The minimum atomic E-state index is -0.676. The van der Waals surface area contributed by atoms with Crippen LogP contribution in [0.25, 0.3) is 32.9 Å². The van der Waals surface area contributed by atoms with Crippen LogP contribution in [0.5, 0.6) is 0 Å². The number of rotatable bonds is 4. The molecule has 0 bridgehead atoms. The molecule has 3 heterocycles. The normalized spacial score (nSPS) is 17.8. The molecule has 4 aromatic rings. The van der Waals surface area contributed by atoms with Gasteiger partial charge in [-0.3, -0.25) is 14.2 Å². The molecule has 10 heteroatoms. The second-order valence-corrected chi connectivity index (χ2v) is 9.85. The maximum absolute atomic E-state index is 13.5. The molecule has 198 valence electrons. The quantitative estimate of drug-likeness (QED) is 0.421. The lowest BCUT2D eigenvalue weighted by atomic mass is 9.97. The van der Waals surface area contributed by atoms with Crippen molar-refractivity contribution in [2.24, 2.45) is 5.73 Å². The van der Waals surface area contributed by atoms with Crippen molar-refractivity contribution in [2.45, 2.75) is 46.8 Å². The van der Waals surface area contributed by atoms with E-state index in [0.29, 0.717) is 64.0 Å². The first-order valence-electron chi connectivity index (χ1n) is 12.7. The fourth-order valence-corrected chi connectivity index (χ4v) is 5.47. The van der Waals surface area contributed by atoms with Gasteiger partial charge in [0.1, 0.15) is 5.76 Å². The monoisotopic (exact) mass is 517 g/mol. The molecule has 2 atom stereocenters. The van der Waals surface area contributed by atoms with Crippen molar-refractivity contribution in [3.63, 3.8) is 0 Å². The van der Waals surface area contributed by atoms with Gasteiger partial charge < -0.3 is 25.2 Å². The lowest BCUT2D eigenvalue weighted by molar-refractivity contribution is -0.0586. The number of nitrogens with two attached hydrogens (primary N) is 1. The number of primary amides is 1. The molecule has 0 radical (unpaired) electrons. The van der Waals surface area contributed by atoms with Crippen molar-refractivity contribution < 1.29 is 23.6 Å². The van der Waals surface area contributed by atoms with Crippen molar-refractivity contribution >= 4 is 39.7 Å². The van der Waals surface area contributed by atoms with E-state index < -0.39 is 11.9 Å². The molecule has 1 aliphatic rings. The molecule has 3 amide bonds. The number of fused-ring (bicyclic) bond motifs is 3. The van der Waals surface area contributed by atoms with Crippen LogP contribution in [0.1, 0.15) is 52.9 Å². The number of aromatic nitrogens is 2. The molecule has 1 aliphatic heterocycles. The fraction of sp³-hybridized carbons (Fsp3) is 0.357. The number of nitrogens with zero attached hydrogens (tertiary/aromatic N) is 3. The van der Waals surface area contributed by atoms with Gasteiger partial charge in [0.25, 0.3) is 11.8 Å². The number of hydrogen-bond donors (Lipinski definition) is 2. The number of amides is 3. The number of benzene rings is 2. The van der Waals surface area contributed by atoms with Gasteiger partial charge in [0.2, 0.25) is 0 Å². The van der Waals surface area contributed by atoms with E-state index >= 15 is 0 Å². The van der Waals surface area contributed by atoms with Crippen LogP contribution in [0, 0.1) is 13.8 Å². The Morgan fingerprint density at radius 2 is 1.79 bits per heavy atom. The SMILES string of the molecule is CCNC(=O)n1c2cc(C(=O)N3CC(C)OC(C)C3)ccc2c2cc(-c3c(C)noc3C)cc(C(N)=O)c21. The maximum Gasteiger partial charge on any atom is 0.326 e. The first-order valence-corrected chi connectivity index (χ1v) is 12.7. The first-order chi connectivity index (χ1) is 18.1. The number of morpholine rings is 1. The number of ether oxygens (including phenoxy) is 1. The molecule has 2 aromatic heterocycles. The van der Waals surface area contributed by atoms with Gasteiger partial charge in [0.05, 0.1) is 34.5 Å². The summed E-state index contributed by atoms with van der Waals surface area (Å²) in [6, 6.07) is 8.42. The van der Waals surface area contributed by atoms with Crippen molar-refractivity contribution in [1.29, 1.82) is 0 Å². The van der Waals surface area contributed by atoms with Crippen molar-refractivity contribution in [3.8, 4) is 11.1 Å². The molecule has 0 aliphatic carbocycles. The van der Waals surface area contributed by atoms with Gasteiger partial charge in [-0.25, -0.2) is 4.79 Å². The zero-order chi connectivity index (χ0) is 27.3. The average Bonchev–Trinajstić information content (AvgIpc) is 3.38. The Morgan fingerprint density at radius 1 is 1.08 bits per heavy atom. The Morgan fingerprint density at radius 3 is 2.39 bits per heavy atom. The fourth-order valence-electron chi connectivity index (χ4n) is 5.47. The summed E-state index contributed by atoms with van der Waals surface area (Å²) in [5.41, 5.74) is 9.50. The lowest BCUT2D eigenvalue weighted by Gasteiger charge is -2.35. The van der Waals surface area contributed by atoms with Crippen LogP contribution in [-0.2, 0) is 4.74 Å². The summed E-state index contributed by atoms with van der Waals surface area (Å²) in [7, 11) is 0. The highest BCUT2D eigenvalue weighted by Gasteiger charge is 2.28. The van der Waals surface area contributed by atoms with Crippen LogP contribution in [-0.4, -0.2) is 64.3 Å². The second-order valence-electron chi connectivity index (χ2n) is 9.85. The summed E-state index contributed by atoms with van der Waals surface area (Å²) in [5.74, 6) is -0.218. The molecule has 3 N–H and O–H groups in total. The summed E-state index contributed by atoms with van der Waals surface area (Å²) in [6.07, 6.45) is -0.150. The van der Waals surface area contributed by atoms with Gasteiger partial charge in [-0.2, -0.15) is 0 Å². The molecule has 38 heavy (non-hydrogen) atoms. The van der Waals surface area contributed by atoms with Gasteiger partial charge in [-0.15, -0.1) is 0 Å². The highest BCUT2D eigenvalue weighted by Crippen LogP contribution is 2.37. The predicted octanol–water partition coefficient (Wildman–Crippen LogP) is 3.99. The maximum atomic E-state index is 13.5. The lowest BCUT2D eigenvalue weighted by Crippen LogP contribution is -2.48. The van der Waals surface area contributed by atoms with Gasteiger partial charge >= 0.3 is 6.03 Å². The van der Waals surface area contributed by atoms with E-state index in [9.17, 15) is 14.4 Å². The van der Waals surface area contributed by atoms with E-state index in [2.05, 4.69) is 10.5 Å².